The summed E-state index contributed by atoms with van der Waals surface area (Å²) in [5.74, 6) is -5.27. The van der Waals surface area contributed by atoms with E-state index < -0.39 is 46.4 Å². The lowest BCUT2D eigenvalue weighted by Crippen LogP contribution is -2.44. The van der Waals surface area contributed by atoms with E-state index in [1.807, 2.05) is 50.4 Å². The van der Waals surface area contributed by atoms with Crippen LogP contribution in [-0.2, 0) is 36.4 Å². The summed E-state index contributed by atoms with van der Waals surface area (Å²) in [6, 6.07) is 17.7. The first kappa shape index (κ1) is 39.2. The minimum absolute atomic E-state index is 0.242. The number of hydrogen-bond acceptors (Lipinski definition) is 8. The van der Waals surface area contributed by atoms with E-state index in [0.717, 1.165) is 54.7 Å². The van der Waals surface area contributed by atoms with E-state index in [4.69, 9.17) is 20.4 Å². The van der Waals surface area contributed by atoms with E-state index in [0.29, 0.717) is 6.54 Å². The van der Waals surface area contributed by atoms with Crippen LogP contribution in [0.15, 0.2) is 71.8 Å². The molecule has 12 nitrogen and oxygen atoms in total. The highest BCUT2D eigenvalue weighted by molar-refractivity contribution is 7.89. The zero-order valence-electron chi connectivity index (χ0n) is 28.0. The Bertz CT molecular complexity index is 1700. The number of rotatable bonds is 14. The van der Waals surface area contributed by atoms with Gasteiger partial charge in [-0.1, -0.05) is 35.9 Å². The molecule has 2 heterocycles. The zero-order chi connectivity index (χ0) is 36.6. The maximum atomic E-state index is 13.4. The number of aliphatic carboxylic acids is 3. The third kappa shape index (κ3) is 10.9. The average Bonchev–Trinajstić information content (AvgIpc) is 3.46. The van der Waals surface area contributed by atoms with Crippen LogP contribution < -0.4 is 4.72 Å². The van der Waals surface area contributed by atoms with E-state index in [9.17, 15) is 27.2 Å². The molecular formula is C35H44FN3O9S. The standard InChI is InChI=1S/C29H36FN3O2S.C6H8O7/c1-22-5-13-27(14-6-22)36(34,35)32-20-29(16-15-24-8-11-26(30)12-9-24)17-18-33(21-29)28(3,4)25-10-7-23(2)31-19-25;7-3(8)1-6(13,5(11)12)2-4(9)10/h5-14,19,32H,15-18,20-21H2,1-4H3;13H,1-2H2,(H,7,8)(H,9,10)(H,11,12)/t29-;/m0./s1. The molecule has 3 aromatic rings. The molecule has 0 unspecified atom stereocenters. The van der Waals surface area contributed by atoms with Crippen LogP contribution in [0.25, 0.3) is 0 Å². The van der Waals surface area contributed by atoms with Gasteiger partial charge < -0.3 is 20.4 Å². The molecular weight excluding hydrogens is 657 g/mol. The van der Waals surface area contributed by atoms with Gasteiger partial charge in [0.05, 0.1) is 17.7 Å². The van der Waals surface area contributed by atoms with Crippen LogP contribution in [0.1, 0.15) is 61.9 Å². The van der Waals surface area contributed by atoms with Crippen LogP contribution in [0.2, 0.25) is 0 Å². The highest BCUT2D eigenvalue weighted by atomic mass is 32.2. The van der Waals surface area contributed by atoms with Gasteiger partial charge in [-0.15, -0.1) is 0 Å². The number of aliphatic hydroxyl groups is 1. The molecule has 1 atom stereocenters. The van der Waals surface area contributed by atoms with Crippen molar-refractivity contribution in [1.29, 1.82) is 0 Å². The third-order valence-corrected chi connectivity index (χ3v) is 10.4. The molecule has 0 amide bonds. The molecule has 0 bridgehead atoms. The maximum absolute atomic E-state index is 13.4. The van der Waals surface area contributed by atoms with Gasteiger partial charge in [-0.2, -0.15) is 0 Å². The molecule has 1 fully saturated rings. The summed E-state index contributed by atoms with van der Waals surface area (Å²) in [5, 5.41) is 33.8. The van der Waals surface area contributed by atoms with Crippen LogP contribution >= 0.6 is 0 Å². The fourth-order valence-electron chi connectivity index (χ4n) is 5.68. The van der Waals surface area contributed by atoms with Crippen LogP contribution in [0.5, 0.6) is 0 Å². The quantitative estimate of drug-likeness (QED) is 0.162. The van der Waals surface area contributed by atoms with Crippen molar-refractivity contribution in [2.75, 3.05) is 19.6 Å². The molecule has 4 rings (SSSR count). The monoisotopic (exact) mass is 701 g/mol. The fourth-order valence-corrected chi connectivity index (χ4v) is 6.84. The smallest absolute Gasteiger partial charge is 0.336 e. The lowest BCUT2D eigenvalue weighted by Gasteiger charge is -2.38. The van der Waals surface area contributed by atoms with Gasteiger partial charge in [0.15, 0.2) is 5.60 Å². The van der Waals surface area contributed by atoms with Gasteiger partial charge in [0.1, 0.15) is 5.82 Å². The first-order chi connectivity index (χ1) is 22.8. The minimum atomic E-state index is -3.63. The van der Waals surface area contributed by atoms with Crippen LogP contribution in [0, 0.1) is 25.1 Å². The van der Waals surface area contributed by atoms with Crippen molar-refractivity contribution in [2.45, 2.75) is 75.8 Å². The fraction of sp³-hybridized carbons (Fsp3) is 0.429. The van der Waals surface area contributed by atoms with Gasteiger partial charge in [-0.25, -0.2) is 22.3 Å². The minimum Gasteiger partial charge on any atom is -0.481 e. The van der Waals surface area contributed by atoms with E-state index in [-0.39, 0.29) is 21.7 Å². The summed E-state index contributed by atoms with van der Waals surface area (Å²) in [5.41, 5.74) is 0.965. The second-order valence-electron chi connectivity index (χ2n) is 13.2. The number of carbonyl (C=O) groups is 3. The lowest BCUT2D eigenvalue weighted by atomic mass is 9.81. The molecule has 0 aliphatic carbocycles. The Morgan fingerprint density at radius 2 is 1.53 bits per heavy atom. The van der Waals surface area contributed by atoms with E-state index in [1.54, 1.807) is 12.1 Å². The number of aromatic nitrogens is 1. The van der Waals surface area contributed by atoms with E-state index >= 15 is 0 Å². The van der Waals surface area contributed by atoms with Crippen LogP contribution in [0.4, 0.5) is 4.39 Å². The van der Waals surface area contributed by atoms with E-state index in [2.05, 4.69) is 34.5 Å². The largest absolute Gasteiger partial charge is 0.481 e. The number of likely N-dealkylation sites (tertiary alicyclic amines) is 1. The molecule has 266 valence electrons. The molecule has 1 aromatic heterocycles. The molecule has 0 radical (unpaired) electrons. The van der Waals surface area contributed by atoms with Crippen molar-refractivity contribution in [2.24, 2.45) is 5.41 Å². The Morgan fingerprint density at radius 1 is 0.939 bits per heavy atom. The summed E-state index contributed by atoms with van der Waals surface area (Å²) in [6.45, 7) is 10.3. The van der Waals surface area contributed by atoms with Gasteiger partial charge >= 0.3 is 17.9 Å². The lowest BCUT2D eigenvalue weighted by molar-refractivity contribution is -0.170. The number of carboxylic acid groups (broad SMARTS) is 3. The Morgan fingerprint density at radius 3 is 2.04 bits per heavy atom. The number of pyridine rings is 1. The Balaban J connectivity index is 0.000000425. The van der Waals surface area contributed by atoms with Gasteiger partial charge in [-0.3, -0.25) is 19.5 Å². The number of carboxylic acids is 3. The second-order valence-corrected chi connectivity index (χ2v) is 14.9. The number of nitrogens with one attached hydrogen (secondary N) is 1. The molecule has 1 saturated heterocycles. The number of benzene rings is 2. The molecule has 0 spiro atoms. The van der Waals surface area contributed by atoms with Crippen molar-refractivity contribution in [1.82, 2.24) is 14.6 Å². The Kier molecular flexibility index (Phi) is 12.8. The van der Waals surface area contributed by atoms with Crippen molar-refractivity contribution < 1.29 is 47.6 Å². The summed E-state index contributed by atoms with van der Waals surface area (Å²) < 4.78 is 42.6. The summed E-state index contributed by atoms with van der Waals surface area (Å²) in [4.78, 5) is 37.7. The molecule has 2 aromatic carbocycles. The molecule has 1 aliphatic rings. The average molecular weight is 702 g/mol. The highest BCUT2D eigenvalue weighted by Gasteiger charge is 2.44. The van der Waals surface area contributed by atoms with Crippen molar-refractivity contribution in [3.63, 3.8) is 0 Å². The van der Waals surface area contributed by atoms with Gasteiger partial charge in [0.25, 0.3) is 0 Å². The predicted molar refractivity (Wildman–Crippen MR) is 179 cm³/mol. The number of sulfonamides is 1. The SMILES string of the molecule is Cc1ccc(S(=O)(=O)NC[C@]2(CCc3ccc(F)cc3)CCN(C(C)(C)c3ccc(C)nc3)C2)cc1.O=C(O)CC(O)(CC(=O)O)C(=O)O. The normalized spacial score (nSPS) is 16.9. The van der Waals surface area contributed by atoms with Crippen molar-refractivity contribution in [3.8, 4) is 0 Å². The predicted octanol–water partition coefficient (Wildman–Crippen LogP) is 4.13. The zero-order valence-corrected chi connectivity index (χ0v) is 28.8. The van der Waals surface area contributed by atoms with Gasteiger partial charge in [0, 0.05) is 30.5 Å². The first-order valence-electron chi connectivity index (χ1n) is 15.7. The van der Waals surface area contributed by atoms with E-state index in [1.165, 1.54) is 12.1 Å². The number of nitrogens with zero attached hydrogens (tertiary/aromatic N) is 2. The highest BCUT2D eigenvalue weighted by Crippen LogP contribution is 2.41. The molecule has 49 heavy (non-hydrogen) atoms. The Labute approximate surface area is 285 Å². The number of hydrogen-bond donors (Lipinski definition) is 5. The van der Waals surface area contributed by atoms with Gasteiger partial charge in [0.2, 0.25) is 10.0 Å². The third-order valence-electron chi connectivity index (χ3n) is 8.96. The number of halogens is 1. The van der Waals surface area contributed by atoms with Crippen molar-refractivity contribution >= 4 is 27.9 Å². The molecule has 0 saturated carbocycles. The van der Waals surface area contributed by atoms with Crippen LogP contribution in [0.3, 0.4) is 0 Å². The van der Waals surface area contributed by atoms with Gasteiger partial charge in [-0.05, 0) is 100 Å². The topological polar surface area (TPSA) is 194 Å². The summed E-state index contributed by atoms with van der Waals surface area (Å²) in [7, 11) is -3.63. The first-order valence-corrected chi connectivity index (χ1v) is 17.1. The summed E-state index contributed by atoms with van der Waals surface area (Å²) in [6.07, 6.45) is 2.07. The molecule has 1 aliphatic heterocycles. The molecule has 5 N–H and O–H groups in total. The van der Waals surface area contributed by atoms with Crippen molar-refractivity contribution in [3.05, 3.63) is 95.1 Å². The second kappa shape index (κ2) is 16.0. The maximum Gasteiger partial charge on any atom is 0.336 e. The number of aryl methyl sites for hydroxylation is 3. The van der Waals surface area contributed by atoms with Crippen LogP contribution in [-0.4, -0.2) is 81.9 Å². The molecule has 14 heteroatoms. The Hall–Kier alpha value is -4.24. The summed E-state index contributed by atoms with van der Waals surface area (Å²) >= 11 is 0.